The maximum Gasteiger partial charge on any atom is 0.316 e. The van der Waals surface area contributed by atoms with E-state index in [4.69, 9.17) is 46.4 Å². The van der Waals surface area contributed by atoms with E-state index < -0.39 is 75.3 Å². The lowest BCUT2D eigenvalue weighted by molar-refractivity contribution is -0.128. The molecule has 41 heavy (non-hydrogen) atoms. The maximum atomic E-state index is 15.1. The summed E-state index contributed by atoms with van der Waals surface area (Å²) in [6.45, 7) is 0. The highest BCUT2D eigenvalue weighted by molar-refractivity contribution is 6.53. The summed E-state index contributed by atoms with van der Waals surface area (Å²) >= 11 is 24.6. The van der Waals surface area contributed by atoms with Crippen LogP contribution in [0.5, 0.6) is 0 Å². The number of benzene rings is 3. The zero-order valence-corrected chi connectivity index (χ0v) is 23.7. The van der Waals surface area contributed by atoms with Crippen molar-refractivity contribution in [1.82, 2.24) is 0 Å². The van der Waals surface area contributed by atoms with Crippen molar-refractivity contribution in [3.05, 3.63) is 92.7 Å². The molecular formula is C27H17Cl4F5N2O3. The molecule has 0 radical (unpaired) electrons. The third kappa shape index (κ3) is 6.16. The van der Waals surface area contributed by atoms with Gasteiger partial charge in [-0.3, -0.25) is 14.4 Å². The Balaban J connectivity index is 1.53. The molecule has 1 saturated carbocycles. The second-order valence-corrected chi connectivity index (χ2v) is 11.4. The van der Waals surface area contributed by atoms with Crippen LogP contribution >= 0.6 is 46.4 Å². The molecule has 0 aliphatic heterocycles. The van der Waals surface area contributed by atoms with E-state index in [1.165, 1.54) is 30.3 Å². The van der Waals surface area contributed by atoms with E-state index in [2.05, 4.69) is 5.32 Å². The Hall–Kier alpha value is -2.92. The Morgan fingerprint density at radius 3 is 2.24 bits per heavy atom. The monoisotopic (exact) mass is 652 g/mol. The van der Waals surface area contributed by atoms with Crippen LogP contribution in [0.1, 0.15) is 27.4 Å². The highest BCUT2D eigenvalue weighted by atomic mass is 35.5. The predicted octanol–water partition coefficient (Wildman–Crippen LogP) is 7.59. The summed E-state index contributed by atoms with van der Waals surface area (Å²) in [5.74, 6) is -8.20. The van der Waals surface area contributed by atoms with Crippen molar-refractivity contribution in [2.45, 2.75) is 23.1 Å². The average Bonchev–Trinajstić information content (AvgIpc) is 3.49. The van der Waals surface area contributed by atoms with E-state index in [1.807, 2.05) is 0 Å². The number of hydrogen-bond acceptors (Lipinski definition) is 3. The van der Waals surface area contributed by atoms with Crippen molar-refractivity contribution in [2.75, 3.05) is 17.3 Å². The van der Waals surface area contributed by atoms with Crippen LogP contribution in [0.2, 0.25) is 10.0 Å². The van der Waals surface area contributed by atoms with Crippen LogP contribution in [0.4, 0.5) is 33.3 Å². The molecule has 0 aromatic heterocycles. The maximum absolute atomic E-state index is 15.1. The smallest absolute Gasteiger partial charge is 0.316 e. The molecular weight excluding hydrogens is 637 g/mol. The lowest BCUT2D eigenvalue weighted by Crippen LogP contribution is -2.33. The topological polar surface area (TPSA) is 66.5 Å². The molecule has 0 unspecified atom stereocenters. The minimum Gasteiger partial charge on any atom is -0.326 e. The predicted molar refractivity (Wildman–Crippen MR) is 146 cm³/mol. The summed E-state index contributed by atoms with van der Waals surface area (Å²) in [6, 6.07) is 9.40. The molecule has 216 valence electrons. The number of amides is 2. The molecule has 2 amide bonds. The number of carbonyl (C=O) groups excluding carboxylic acids is 3. The Morgan fingerprint density at radius 1 is 0.951 bits per heavy atom. The van der Waals surface area contributed by atoms with Gasteiger partial charge in [0.25, 0.3) is 5.91 Å². The zero-order chi connectivity index (χ0) is 30.4. The van der Waals surface area contributed by atoms with E-state index in [1.54, 1.807) is 0 Å². The van der Waals surface area contributed by atoms with Crippen molar-refractivity contribution in [1.29, 1.82) is 0 Å². The molecule has 0 saturated heterocycles. The number of Topliss-reactive ketones (excluding diaryl/α,β-unsaturated/α-hetero) is 1. The zero-order valence-electron chi connectivity index (χ0n) is 20.6. The lowest BCUT2D eigenvalue weighted by Gasteiger charge is -2.19. The summed E-state index contributed by atoms with van der Waals surface area (Å²) in [6.07, 6.45) is -4.20. The number of anilines is 2. The van der Waals surface area contributed by atoms with E-state index in [9.17, 15) is 31.9 Å². The first-order chi connectivity index (χ1) is 19.1. The molecule has 1 fully saturated rings. The first-order valence-corrected chi connectivity index (χ1v) is 13.1. The first kappa shape index (κ1) is 31.0. The average molecular weight is 654 g/mol. The summed E-state index contributed by atoms with van der Waals surface area (Å²) in [4.78, 5) is 37.7. The summed E-state index contributed by atoms with van der Waals surface area (Å²) in [7, 11) is 0.774. The van der Waals surface area contributed by atoms with Gasteiger partial charge in [0.15, 0.2) is 11.6 Å². The van der Waals surface area contributed by atoms with Gasteiger partial charge in [-0.2, -0.15) is 8.78 Å². The number of nitrogens with zero attached hydrogens (tertiary/aromatic N) is 1. The fraction of sp³-hybridized carbons (Fsp3) is 0.222. The van der Waals surface area contributed by atoms with Gasteiger partial charge in [-0.15, -0.1) is 23.2 Å². The molecule has 0 heterocycles. The first-order valence-electron chi connectivity index (χ1n) is 11.6. The summed E-state index contributed by atoms with van der Waals surface area (Å²) < 4.78 is 66.9. The Morgan fingerprint density at radius 2 is 1.61 bits per heavy atom. The fourth-order valence-corrected chi connectivity index (χ4v) is 5.60. The number of carbonyl (C=O) groups is 3. The van der Waals surface area contributed by atoms with E-state index in [0.717, 1.165) is 25.2 Å². The van der Waals surface area contributed by atoms with Crippen LogP contribution in [0.25, 0.3) is 0 Å². The molecule has 4 rings (SSSR count). The Labute approximate surface area is 250 Å². The van der Waals surface area contributed by atoms with E-state index >= 15 is 4.39 Å². The molecule has 0 bridgehead atoms. The van der Waals surface area contributed by atoms with Gasteiger partial charge in [-0.1, -0.05) is 35.3 Å². The van der Waals surface area contributed by atoms with Crippen LogP contribution < -0.4 is 10.2 Å². The lowest BCUT2D eigenvalue weighted by atomic mass is 10.0. The number of rotatable bonds is 8. The van der Waals surface area contributed by atoms with Gasteiger partial charge < -0.3 is 10.2 Å². The molecule has 1 aliphatic rings. The SMILES string of the molecule is CN(C(=O)C(F)F)c1c(F)ccc(CC(=O)c2cc(NC(=O)[C@H]3[C@H](c4ccc(F)c(Cl)c4)C3(Cl)Cl)ccc2Cl)c1F. The van der Waals surface area contributed by atoms with Gasteiger partial charge in [-0.05, 0) is 47.5 Å². The Bertz CT molecular complexity index is 1570. The van der Waals surface area contributed by atoms with Crippen LogP contribution in [0, 0.1) is 23.4 Å². The number of ketones is 1. The van der Waals surface area contributed by atoms with Crippen molar-refractivity contribution in [3.63, 3.8) is 0 Å². The van der Waals surface area contributed by atoms with Crippen LogP contribution in [0.15, 0.2) is 48.5 Å². The molecule has 0 spiro atoms. The van der Waals surface area contributed by atoms with E-state index in [-0.39, 0.29) is 26.2 Å². The normalized spacial score (nSPS) is 17.3. The second-order valence-electron chi connectivity index (χ2n) is 9.15. The molecule has 1 N–H and O–H groups in total. The minimum absolute atomic E-state index is 0.0602. The van der Waals surface area contributed by atoms with Crippen molar-refractivity contribution in [2.24, 2.45) is 5.92 Å². The van der Waals surface area contributed by atoms with Gasteiger partial charge in [0.05, 0.1) is 16.0 Å². The van der Waals surface area contributed by atoms with Gasteiger partial charge >= 0.3 is 6.43 Å². The second kappa shape index (κ2) is 11.8. The highest BCUT2D eigenvalue weighted by Crippen LogP contribution is 2.65. The van der Waals surface area contributed by atoms with Crippen LogP contribution in [0.3, 0.4) is 0 Å². The number of hydrogen-bond donors (Lipinski definition) is 1. The van der Waals surface area contributed by atoms with Crippen molar-refractivity contribution >= 4 is 75.4 Å². The number of nitrogens with one attached hydrogen (secondary N) is 1. The van der Waals surface area contributed by atoms with Crippen LogP contribution in [-0.2, 0) is 16.0 Å². The van der Waals surface area contributed by atoms with Gasteiger partial charge in [0.1, 0.15) is 21.7 Å². The summed E-state index contributed by atoms with van der Waals surface area (Å²) in [5, 5.41) is 2.34. The third-order valence-electron chi connectivity index (χ3n) is 6.52. The van der Waals surface area contributed by atoms with Crippen LogP contribution in [-0.4, -0.2) is 35.4 Å². The van der Waals surface area contributed by atoms with Gasteiger partial charge in [-0.25, -0.2) is 13.2 Å². The molecule has 5 nitrogen and oxygen atoms in total. The quantitative estimate of drug-likeness (QED) is 0.155. The number of alkyl halides is 4. The molecule has 1 aliphatic carbocycles. The standard InChI is InChI=1S/C27H17Cl4F5N2O3/c1-38(26(41)24(35)36)23-18(33)7-3-12(22(23)34)9-19(39)14-10-13(4-5-15(14)28)37-25(40)21-20(27(21,30)31)11-2-6-17(32)16(29)8-11/h2-8,10,20-21,24H,9H2,1H3,(H,37,40)/t20-,21+/m0/s1. The van der Waals surface area contributed by atoms with Crippen molar-refractivity contribution < 1.29 is 36.3 Å². The van der Waals surface area contributed by atoms with Crippen molar-refractivity contribution in [3.8, 4) is 0 Å². The molecule has 3 aromatic carbocycles. The third-order valence-corrected chi connectivity index (χ3v) is 8.08. The van der Waals surface area contributed by atoms with E-state index in [0.29, 0.717) is 5.56 Å². The minimum atomic E-state index is -3.51. The molecule has 2 atom stereocenters. The fourth-order valence-electron chi connectivity index (χ4n) is 4.36. The van der Waals surface area contributed by atoms with Gasteiger partial charge in [0.2, 0.25) is 5.91 Å². The number of halogens is 9. The Kier molecular flexibility index (Phi) is 8.90. The highest BCUT2D eigenvalue weighted by Gasteiger charge is 2.67. The largest absolute Gasteiger partial charge is 0.326 e. The molecule has 14 heteroatoms. The summed E-state index contributed by atoms with van der Waals surface area (Å²) in [5.41, 5.74) is -1.03. The van der Waals surface area contributed by atoms with Gasteiger partial charge in [0, 0.05) is 30.6 Å². The molecule has 3 aromatic rings.